The third-order valence-electron chi connectivity index (χ3n) is 2.95. The molecule has 2 unspecified atom stereocenters. The van der Waals surface area contributed by atoms with Gasteiger partial charge in [0.1, 0.15) is 11.9 Å². The predicted molar refractivity (Wildman–Crippen MR) is 75.0 cm³/mol. The minimum absolute atomic E-state index is 0.213. The van der Waals surface area contributed by atoms with Crippen molar-refractivity contribution in [3.05, 3.63) is 6.33 Å². The molecule has 0 aliphatic rings. The van der Waals surface area contributed by atoms with Crippen LogP contribution in [0, 0.1) is 0 Å². The molecule has 0 fully saturated rings. The zero-order valence-corrected chi connectivity index (χ0v) is 13.0. The smallest absolute Gasteiger partial charge is 0.326 e. The average Bonchev–Trinajstić information content (AvgIpc) is 2.75. The number of carbonyl (C=O) groups is 1. The van der Waals surface area contributed by atoms with Crippen molar-refractivity contribution in [1.82, 2.24) is 20.1 Å². The van der Waals surface area contributed by atoms with Crippen molar-refractivity contribution in [3.63, 3.8) is 0 Å². The number of carbonyl (C=O) groups excluding carboxylic acids is 1. The van der Waals surface area contributed by atoms with E-state index in [1.165, 1.54) is 0 Å². The van der Waals surface area contributed by atoms with Crippen LogP contribution in [0.4, 0.5) is 0 Å². The van der Waals surface area contributed by atoms with Crippen LogP contribution in [0.5, 0.6) is 0 Å². The normalized spacial score (nSPS) is 15.8. The Kier molecular flexibility index (Phi) is 5.81. The topological polar surface area (TPSA) is 69.0 Å². The van der Waals surface area contributed by atoms with Gasteiger partial charge in [-0.2, -0.15) is 0 Å². The highest BCUT2D eigenvalue weighted by Gasteiger charge is 2.35. The molecule has 108 valence electrons. The molecule has 0 aliphatic heterocycles. The third-order valence-corrected chi connectivity index (χ3v) is 4.10. The minimum atomic E-state index is -0.680. The van der Waals surface area contributed by atoms with Crippen molar-refractivity contribution in [2.24, 2.45) is 7.05 Å². The lowest BCUT2D eigenvalue weighted by atomic mass is 9.96. The number of thioether (sulfide) groups is 1. The fraction of sp³-hybridized carbons (Fsp3) is 0.750. The molecule has 7 heteroatoms. The number of hydrogen-bond acceptors (Lipinski definition) is 6. The number of rotatable bonds is 7. The molecule has 1 rings (SSSR count). The molecule has 0 saturated heterocycles. The maximum absolute atomic E-state index is 12.0. The van der Waals surface area contributed by atoms with Gasteiger partial charge in [0.2, 0.25) is 0 Å². The quantitative estimate of drug-likeness (QED) is 0.600. The molecule has 0 radical (unpaired) electrons. The highest BCUT2D eigenvalue weighted by Crippen LogP contribution is 2.27. The summed E-state index contributed by atoms with van der Waals surface area (Å²) < 4.78 is 6.98. The number of hydrogen-bond donors (Lipinski definition) is 1. The first-order valence-electron chi connectivity index (χ1n) is 6.29. The van der Waals surface area contributed by atoms with Gasteiger partial charge in [0, 0.05) is 12.3 Å². The summed E-state index contributed by atoms with van der Waals surface area (Å²) in [7, 11) is 3.67. The fourth-order valence-corrected chi connectivity index (χ4v) is 2.84. The molecular weight excluding hydrogens is 264 g/mol. The second-order valence-corrected chi connectivity index (χ2v) is 6.07. The molecular formula is C12H22N4O2S. The summed E-state index contributed by atoms with van der Waals surface area (Å²) in [5.41, 5.74) is -0.680. The maximum Gasteiger partial charge on any atom is 0.326 e. The van der Waals surface area contributed by atoms with Crippen LogP contribution in [0.3, 0.4) is 0 Å². The van der Waals surface area contributed by atoms with Gasteiger partial charge >= 0.3 is 5.97 Å². The summed E-state index contributed by atoms with van der Waals surface area (Å²) in [6.45, 7) is 6.12. The number of aryl methyl sites for hydroxylation is 1. The summed E-state index contributed by atoms with van der Waals surface area (Å²) in [5.74, 6) is -0.220. The number of aromatic nitrogens is 3. The van der Waals surface area contributed by atoms with Gasteiger partial charge in [0.05, 0.1) is 6.61 Å². The van der Waals surface area contributed by atoms with Crippen LogP contribution in [0.15, 0.2) is 11.5 Å². The van der Waals surface area contributed by atoms with Crippen LogP contribution < -0.4 is 5.32 Å². The van der Waals surface area contributed by atoms with E-state index >= 15 is 0 Å². The molecule has 0 aliphatic carbocycles. The first-order valence-corrected chi connectivity index (χ1v) is 7.17. The van der Waals surface area contributed by atoms with Crippen molar-refractivity contribution in [2.75, 3.05) is 13.7 Å². The van der Waals surface area contributed by atoms with E-state index in [0.29, 0.717) is 13.0 Å². The van der Waals surface area contributed by atoms with Crippen LogP contribution >= 0.6 is 11.8 Å². The van der Waals surface area contributed by atoms with E-state index in [4.69, 9.17) is 4.74 Å². The average molecular weight is 286 g/mol. The molecule has 0 spiro atoms. The molecule has 0 saturated carbocycles. The summed E-state index contributed by atoms with van der Waals surface area (Å²) >= 11 is 1.60. The Hall–Kier alpha value is -1.08. The van der Waals surface area contributed by atoms with Crippen molar-refractivity contribution < 1.29 is 9.53 Å². The van der Waals surface area contributed by atoms with Crippen LogP contribution in [0.25, 0.3) is 0 Å². The number of esters is 1. The van der Waals surface area contributed by atoms with E-state index in [0.717, 1.165) is 5.16 Å². The molecule has 19 heavy (non-hydrogen) atoms. The fourth-order valence-electron chi connectivity index (χ4n) is 1.75. The summed E-state index contributed by atoms with van der Waals surface area (Å²) in [4.78, 5) is 12.0. The number of likely N-dealkylation sites (N-methyl/N-ethyl adjacent to an activating group) is 1. The first kappa shape index (κ1) is 16.0. The standard InChI is InChI=1S/C12H22N4O2S/c1-6-18-10(17)12(3,13-4)7-9(2)19-11-15-14-8-16(11)5/h8-9,13H,6-7H2,1-5H3. The van der Waals surface area contributed by atoms with Gasteiger partial charge in [-0.25, -0.2) is 0 Å². The van der Waals surface area contributed by atoms with Gasteiger partial charge in [-0.3, -0.25) is 4.79 Å². The van der Waals surface area contributed by atoms with Crippen LogP contribution in [0.2, 0.25) is 0 Å². The van der Waals surface area contributed by atoms with E-state index in [-0.39, 0.29) is 11.2 Å². The summed E-state index contributed by atoms with van der Waals surface area (Å²) in [6.07, 6.45) is 2.32. The molecule has 0 bridgehead atoms. The van der Waals surface area contributed by atoms with E-state index in [9.17, 15) is 4.79 Å². The Balaban J connectivity index is 2.65. The van der Waals surface area contributed by atoms with E-state index in [2.05, 4.69) is 22.4 Å². The Morgan fingerprint density at radius 2 is 2.37 bits per heavy atom. The van der Waals surface area contributed by atoms with Gasteiger partial charge in [0.25, 0.3) is 0 Å². The summed E-state index contributed by atoms with van der Waals surface area (Å²) in [6, 6.07) is 0. The van der Waals surface area contributed by atoms with Gasteiger partial charge in [0.15, 0.2) is 5.16 Å². The molecule has 1 heterocycles. The zero-order valence-electron chi connectivity index (χ0n) is 12.1. The molecule has 0 aromatic carbocycles. The Bertz CT molecular complexity index is 424. The van der Waals surface area contributed by atoms with Crippen molar-refractivity contribution in [3.8, 4) is 0 Å². The Labute approximate surface area is 118 Å². The highest BCUT2D eigenvalue weighted by molar-refractivity contribution is 7.99. The van der Waals surface area contributed by atoms with Gasteiger partial charge in [-0.15, -0.1) is 10.2 Å². The summed E-state index contributed by atoms with van der Waals surface area (Å²) in [5, 5.41) is 12.0. The lowest BCUT2D eigenvalue weighted by Gasteiger charge is -2.29. The molecule has 6 nitrogen and oxygen atoms in total. The minimum Gasteiger partial charge on any atom is -0.465 e. The lowest BCUT2D eigenvalue weighted by molar-refractivity contribution is -0.150. The molecule has 1 aromatic rings. The van der Waals surface area contributed by atoms with Crippen LogP contribution in [-0.4, -0.2) is 45.2 Å². The van der Waals surface area contributed by atoms with E-state index in [1.54, 1.807) is 25.1 Å². The van der Waals surface area contributed by atoms with Crippen LogP contribution in [0.1, 0.15) is 27.2 Å². The Morgan fingerprint density at radius 3 is 2.84 bits per heavy atom. The lowest BCUT2D eigenvalue weighted by Crippen LogP contribution is -2.50. The highest BCUT2D eigenvalue weighted by atomic mass is 32.2. The molecule has 2 atom stereocenters. The number of nitrogens with one attached hydrogen (secondary N) is 1. The van der Waals surface area contributed by atoms with Crippen LogP contribution in [-0.2, 0) is 16.6 Å². The first-order chi connectivity index (χ1) is 8.92. The monoisotopic (exact) mass is 286 g/mol. The third kappa shape index (κ3) is 4.21. The van der Waals surface area contributed by atoms with E-state index in [1.807, 2.05) is 25.5 Å². The maximum atomic E-state index is 12.0. The second kappa shape index (κ2) is 6.91. The predicted octanol–water partition coefficient (Wildman–Crippen LogP) is 1.23. The number of nitrogens with zero attached hydrogens (tertiary/aromatic N) is 3. The van der Waals surface area contributed by atoms with Crippen molar-refractivity contribution in [2.45, 2.75) is 43.1 Å². The second-order valence-electron chi connectivity index (χ2n) is 4.66. The van der Waals surface area contributed by atoms with Gasteiger partial charge < -0.3 is 14.6 Å². The molecule has 1 N–H and O–H groups in total. The van der Waals surface area contributed by atoms with Crippen molar-refractivity contribution >= 4 is 17.7 Å². The Morgan fingerprint density at radius 1 is 1.68 bits per heavy atom. The molecule has 1 aromatic heterocycles. The van der Waals surface area contributed by atoms with Gasteiger partial charge in [-0.05, 0) is 27.3 Å². The van der Waals surface area contributed by atoms with Crippen molar-refractivity contribution in [1.29, 1.82) is 0 Å². The molecule has 0 amide bonds. The SMILES string of the molecule is CCOC(=O)C(C)(CC(C)Sc1nncn1C)NC. The number of ether oxygens (including phenoxy) is 1. The van der Waals surface area contributed by atoms with E-state index < -0.39 is 5.54 Å². The largest absolute Gasteiger partial charge is 0.465 e. The zero-order chi connectivity index (χ0) is 14.5. The van der Waals surface area contributed by atoms with Gasteiger partial charge in [-0.1, -0.05) is 18.7 Å².